The first-order valence-corrected chi connectivity index (χ1v) is 11.7. The first-order chi connectivity index (χ1) is 15.8. The molecule has 0 spiro atoms. The predicted octanol–water partition coefficient (Wildman–Crippen LogP) is 4.38. The van der Waals surface area contributed by atoms with E-state index in [4.69, 9.17) is 4.74 Å². The number of fused-ring (bicyclic) bond motifs is 1. The van der Waals surface area contributed by atoms with Crippen LogP contribution >= 0.6 is 0 Å². The van der Waals surface area contributed by atoms with E-state index in [2.05, 4.69) is 62.2 Å². The van der Waals surface area contributed by atoms with Crippen LogP contribution in [0, 0.1) is 11.3 Å². The lowest BCUT2D eigenvalue weighted by molar-refractivity contribution is 0.0547. The van der Waals surface area contributed by atoms with Crippen molar-refractivity contribution < 1.29 is 4.74 Å². The van der Waals surface area contributed by atoms with Gasteiger partial charge < -0.3 is 14.2 Å². The molecule has 5 rings (SSSR count). The lowest BCUT2D eigenvalue weighted by Gasteiger charge is -2.31. The zero-order valence-corrected chi connectivity index (χ0v) is 18.5. The van der Waals surface area contributed by atoms with Crippen molar-refractivity contribution in [2.24, 2.45) is 0 Å². The van der Waals surface area contributed by atoms with Gasteiger partial charge in [0.15, 0.2) is 5.82 Å². The summed E-state index contributed by atoms with van der Waals surface area (Å²) in [5.74, 6) is 1.73. The Morgan fingerprint density at radius 2 is 1.81 bits per heavy atom. The molecule has 0 radical (unpaired) electrons. The van der Waals surface area contributed by atoms with E-state index in [1.54, 1.807) is 0 Å². The highest BCUT2D eigenvalue weighted by molar-refractivity contribution is 5.76. The van der Waals surface area contributed by atoms with Crippen molar-refractivity contribution >= 4 is 11.6 Å². The van der Waals surface area contributed by atoms with Crippen LogP contribution in [-0.2, 0) is 17.7 Å². The Kier molecular flexibility index (Phi) is 6.17. The van der Waals surface area contributed by atoms with E-state index in [1.807, 2.05) is 6.07 Å². The second-order valence-electron chi connectivity index (χ2n) is 8.63. The van der Waals surface area contributed by atoms with Gasteiger partial charge in [0.2, 0.25) is 0 Å². The molecule has 1 aromatic heterocycles. The van der Waals surface area contributed by atoms with Crippen LogP contribution in [0.2, 0.25) is 0 Å². The van der Waals surface area contributed by atoms with E-state index in [0.29, 0.717) is 5.57 Å². The topological polar surface area (TPSA) is 67.0 Å². The summed E-state index contributed by atoms with van der Waals surface area (Å²) in [6.07, 6.45) is 10.7. The molecular formula is C26H29N5O. The minimum Gasteiger partial charge on any atom is -0.378 e. The third-order valence-corrected chi connectivity index (χ3v) is 6.53. The molecule has 0 saturated carbocycles. The fourth-order valence-electron chi connectivity index (χ4n) is 4.94. The van der Waals surface area contributed by atoms with Crippen LogP contribution < -0.4 is 0 Å². The highest BCUT2D eigenvalue weighted by Gasteiger charge is 2.26. The Hall–Kier alpha value is -3.17. The maximum atomic E-state index is 10.1. The molecule has 0 amide bonds. The second-order valence-corrected chi connectivity index (χ2v) is 8.63. The Bertz CT molecular complexity index is 1100. The van der Waals surface area contributed by atoms with Gasteiger partial charge in [-0.05, 0) is 54.5 Å². The van der Waals surface area contributed by atoms with Crippen molar-refractivity contribution in [3.63, 3.8) is 0 Å². The molecule has 1 saturated heterocycles. The number of hydrogen-bond acceptors (Lipinski definition) is 5. The summed E-state index contributed by atoms with van der Waals surface area (Å²) in [5.41, 5.74) is 5.65. The highest BCUT2D eigenvalue weighted by Crippen LogP contribution is 2.37. The van der Waals surface area contributed by atoms with Gasteiger partial charge in [0.25, 0.3) is 0 Å². The Labute approximate surface area is 189 Å². The van der Waals surface area contributed by atoms with Crippen LogP contribution in [0.5, 0.6) is 0 Å². The zero-order valence-electron chi connectivity index (χ0n) is 18.5. The summed E-state index contributed by atoms with van der Waals surface area (Å²) in [6.45, 7) is 4.12. The first kappa shape index (κ1) is 20.7. The van der Waals surface area contributed by atoms with Crippen molar-refractivity contribution in [2.75, 3.05) is 26.3 Å². The average molecular weight is 428 g/mol. The SMILES string of the molecule is N#CC(=CC1=C(N2CCOCC2)C(=Cc2ccccc2)CC1)c1nnc2n1CCCCC2. The monoisotopic (exact) mass is 427 g/mol. The molecule has 3 aliphatic rings. The lowest BCUT2D eigenvalue weighted by atomic mass is 10.1. The standard InChI is InChI=1S/C26H29N5O/c27-19-23(26-29-28-24-9-5-2-6-12-31(24)26)18-22-11-10-21(17-20-7-3-1-4-8-20)25(22)30-13-15-32-16-14-30/h1,3-4,7-8,17-18H,2,5-6,9-16H2. The highest BCUT2D eigenvalue weighted by atomic mass is 16.5. The number of aryl methyl sites for hydroxylation is 1. The third kappa shape index (κ3) is 4.26. The molecule has 6 nitrogen and oxygen atoms in total. The van der Waals surface area contributed by atoms with E-state index < -0.39 is 0 Å². The predicted molar refractivity (Wildman–Crippen MR) is 124 cm³/mol. The molecule has 2 aromatic rings. The molecule has 1 aromatic carbocycles. The minimum absolute atomic E-state index is 0.618. The number of ether oxygens (including phenoxy) is 1. The molecule has 3 heterocycles. The number of nitrogens with zero attached hydrogens (tertiary/aromatic N) is 5. The van der Waals surface area contributed by atoms with Gasteiger partial charge in [-0.15, -0.1) is 10.2 Å². The Balaban J connectivity index is 1.56. The van der Waals surface area contributed by atoms with Crippen molar-refractivity contribution in [3.05, 3.63) is 70.5 Å². The van der Waals surface area contributed by atoms with Crippen LogP contribution in [0.25, 0.3) is 11.6 Å². The summed E-state index contributed by atoms with van der Waals surface area (Å²) in [6, 6.07) is 12.9. The average Bonchev–Trinajstić information content (AvgIpc) is 3.34. The summed E-state index contributed by atoms with van der Waals surface area (Å²) >= 11 is 0. The van der Waals surface area contributed by atoms with Crippen LogP contribution in [0.1, 0.15) is 49.3 Å². The number of allylic oxidation sites excluding steroid dienone is 4. The maximum Gasteiger partial charge on any atom is 0.174 e. The van der Waals surface area contributed by atoms with Gasteiger partial charge >= 0.3 is 0 Å². The number of nitriles is 1. The van der Waals surface area contributed by atoms with Crippen molar-refractivity contribution in [2.45, 2.75) is 45.1 Å². The van der Waals surface area contributed by atoms with E-state index in [-0.39, 0.29) is 0 Å². The van der Waals surface area contributed by atoms with Crippen LogP contribution in [0.3, 0.4) is 0 Å². The van der Waals surface area contributed by atoms with Crippen molar-refractivity contribution in [1.82, 2.24) is 19.7 Å². The Morgan fingerprint density at radius 1 is 0.969 bits per heavy atom. The van der Waals surface area contributed by atoms with E-state index in [9.17, 15) is 5.26 Å². The fraction of sp³-hybridized carbons (Fsp3) is 0.423. The van der Waals surface area contributed by atoms with E-state index >= 15 is 0 Å². The van der Waals surface area contributed by atoms with Gasteiger partial charge in [-0.2, -0.15) is 5.26 Å². The normalized spacial score (nSPS) is 20.9. The van der Waals surface area contributed by atoms with Gasteiger partial charge in [0, 0.05) is 31.8 Å². The smallest absolute Gasteiger partial charge is 0.174 e. The van der Waals surface area contributed by atoms with Crippen molar-refractivity contribution in [3.8, 4) is 6.07 Å². The number of rotatable bonds is 4. The number of morpholine rings is 1. The first-order valence-electron chi connectivity index (χ1n) is 11.7. The molecular weight excluding hydrogens is 398 g/mol. The molecule has 32 heavy (non-hydrogen) atoms. The van der Waals surface area contributed by atoms with E-state index in [0.717, 1.165) is 76.6 Å². The van der Waals surface area contributed by atoms with Crippen LogP contribution in [-0.4, -0.2) is 46.0 Å². The molecule has 0 N–H and O–H groups in total. The lowest BCUT2D eigenvalue weighted by Crippen LogP contribution is -2.36. The zero-order chi connectivity index (χ0) is 21.8. The van der Waals surface area contributed by atoms with Gasteiger partial charge in [-0.25, -0.2) is 0 Å². The number of benzene rings is 1. The summed E-state index contributed by atoms with van der Waals surface area (Å²) in [7, 11) is 0. The molecule has 1 fully saturated rings. The molecule has 164 valence electrons. The van der Waals surface area contributed by atoms with Gasteiger partial charge in [-0.1, -0.05) is 36.8 Å². The molecule has 1 aliphatic carbocycles. The largest absolute Gasteiger partial charge is 0.378 e. The number of hydrogen-bond donors (Lipinski definition) is 0. The third-order valence-electron chi connectivity index (χ3n) is 6.53. The molecule has 0 bridgehead atoms. The molecule has 6 heteroatoms. The van der Waals surface area contributed by atoms with Crippen LogP contribution in [0.4, 0.5) is 0 Å². The van der Waals surface area contributed by atoms with Gasteiger partial charge in [0.05, 0.1) is 18.8 Å². The number of aromatic nitrogens is 3. The van der Waals surface area contributed by atoms with Gasteiger partial charge in [0.1, 0.15) is 11.9 Å². The fourth-order valence-corrected chi connectivity index (χ4v) is 4.94. The second kappa shape index (κ2) is 9.54. The van der Waals surface area contributed by atoms with Gasteiger partial charge in [-0.3, -0.25) is 0 Å². The molecule has 0 atom stereocenters. The summed E-state index contributed by atoms with van der Waals surface area (Å²) in [5, 5.41) is 18.9. The minimum atomic E-state index is 0.618. The quantitative estimate of drug-likeness (QED) is 0.678. The molecule has 2 aliphatic heterocycles. The Morgan fingerprint density at radius 3 is 2.62 bits per heavy atom. The van der Waals surface area contributed by atoms with Crippen LogP contribution in [0.15, 0.2) is 53.3 Å². The van der Waals surface area contributed by atoms with Crippen molar-refractivity contribution in [1.29, 1.82) is 5.26 Å². The summed E-state index contributed by atoms with van der Waals surface area (Å²) < 4.78 is 7.77. The summed E-state index contributed by atoms with van der Waals surface area (Å²) in [4.78, 5) is 2.43. The maximum absolute atomic E-state index is 10.1. The molecule has 0 unspecified atom stereocenters. The van der Waals surface area contributed by atoms with E-state index in [1.165, 1.54) is 28.8 Å².